The summed E-state index contributed by atoms with van der Waals surface area (Å²) in [6.45, 7) is 6.77. The van der Waals surface area contributed by atoms with Gasteiger partial charge in [0.25, 0.3) is 0 Å². The third-order valence-electron chi connectivity index (χ3n) is 7.96. The van der Waals surface area contributed by atoms with Gasteiger partial charge in [-0.15, -0.1) is 0 Å². The average Bonchev–Trinajstić information content (AvgIpc) is 2.83. The van der Waals surface area contributed by atoms with Crippen LogP contribution in [0, 0.1) is 28.6 Å². The summed E-state index contributed by atoms with van der Waals surface area (Å²) in [6, 6.07) is 0. The van der Waals surface area contributed by atoms with E-state index in [2.05, 4.69) is 19.9 Å². The summed E-state index contributed by atoms with van der Waals surface area (Å²) >= 11 is 0. The SMILES string of the molecule is C/C=C1\C(=O)C[C@H]2[C@@H]3CCC4=CC(=O)CC[C@]4(C)[C@H]3CC[C@]12C.O=P(O)(O)O. The summed E-state index contributed by atoms with van der Waals surface area (Å²) in [5, 5.41) is 0. The maximum absolute atomic E-state index is 12.5. The molecule has 4 aliphatic carbocycles. The molecule has 3 fully saturated rings. The van der Waals surface area contributed by atoms with E-state index in [1.807, 2.05) is 13.0 Å². The first kappa shape index (κ1) is 21.6. The monoisotopic (exact) mass is 410 g/mol. The summed E-state index contributed by atoms with van der Waals surface area (Å²) in [7, 11) is -4.64. The van der Waals surface area contributed by atoms with Gasteiger partial charge in [0.15, 0.2) is 11.6 Å². The Morgan fingerprint density at radius 3 is 2.29 bits per heavy atom. The normalized spacial score (nSPS) is 41.4. The molecule has 0 radical (unpaired) electrons. The largest absolute Gasteiger partial charge is 0.466 e. The number of hydrogen-bond donors (Lipinski definition) is 3. The van der Waals surface area contributed by atoms with Crippen LogP contribution < -0.4 is 0 Å². The number of hydrogen-bond acceptors (Lipinski definition) is 3. The Hall–Kier alpha value is -1.07. The fourth-order valence-electron chi connectivity index (χ4n) is 6.71. The zero-order valence-electron chi connectivity index (χ0n) is 16.9. The van der Waals surface area contributed by atoms with Gasteiger partial charge in [-0.2, -0.15) is 0 Å². The van der Waals surface area contributed by atoms with E-state index >= 15 is 0 Å². The van der Waals surface area contributed by atoms with E-state index < -0.39 is 7.82 Å². The van der Waals surface area contributed by atoms with Crippen LogP contribution in [0.15, 0.2) is 23.3 Å². The van der Waals surface area contributed by atoms with Crippen LogP contribution in [-0.4, -0.2) is 26.2 Å². The number of allylic oxidation sites excluding steroid dienone is 3. The molecular formula is C21H31O6P. The van der Waals surface area contributed by atoms with Gasteiger partial charge in [0.2, 0.25) is 0 Å². The van der Waals surface area contributed by atoms with Gasteiger partial charge in [-0.05, 0) is 79.3 Å². The number of carbonyl (C=O) groups is 2. The molecule has 0 saturated heterocycles. The molecule has 0 aromatic rings. The third-order valence-corrected chi connectivity index (χ3v) is 7.96. The van der Waals surface area contributed by atoms with Crippen molar-refractivity contribution in [3.63, 3.8) is 0 Å². The van der Waals surface area contributed by atoms with Crippen LogP contribution in [0.3, 0.4) is 0 Å². The second-order valence-electron chi connectivity index (χ2n) is 9.27. The number of carbonyl (C=O) groups excluding carboxylic acids is 2. The number of phosphoric acid groups is 1. The number of Topliss-reactive ketones (excluding diaryl/α,β-unsaturated/α-hetero) is 1. The maximum atomic E-state index is 12.5. The minimum atomic E-state index is -4.64. The third kappa shape index (κ3) is 3.72. The molecule has 156 valence electrons. The van der Waals surface area contributed by atoms with E-state index in [1.54, 1.807) is 0 Å². The van der Waals surface area contributed by atoms with Crippen molar-refractivity contribution in [2.45, 2.75) is 65.7 Å². The summed E-state index contributed by atoms with van der Waals surface area (Å²) in [5.41, 5.74) is 2.83. The fourth-order valence-corrected chi connectivity index (χ4v) is 6.71. The number of ketones is 2. The molecule has 0 unspecified atom stereocenters. The van der Waals surface area contributed by atoms with E-state index in [0.29, 0.717) is 35.7 Å². The number of fused-ring (bicyclic) bond motifs is 5. The summed E-state index contributed by atoms with van der Waals surface area (Å²) in [4.78, 5) is 45.9. The van der Waals surface area contributed by atoms with Crippen molar-refractivity contribution in [1.82, 2.24) is 0 Å². The van der Waals surface area contributed by atoms with E-state index in [4.69, 9.17) is 19.2 Å². The zero-order chi connectivity index (χ0) is 20.9. The van der Waals surface area contributed by atoms with Gasteiger partial charge in [-0.3, -0.25) is 9.59 Å². The Bertz CT molecular complexity index is 784. The van der Waals surface area contributed by atoms with Gasteiger partial charge < -0.3 is 14.7 Å². The van der Waals surface area contributed by atoms with E-state index in [1.165, 1.54) is 18.4 Å². The summed E-state index contributed by atoms with van der Waals surface area (Å²) in [6.07, 6.45) is 11.1. The molecule has 4 aliphatic rings. The van der Waals surface area contributed by atoms with Crippen molar-refractivity contribution in [2.75, 3.05) is 0 Å². The highest BCUT2D eigenvalue weighted by Gasteiger charge is 2.59. The molecule has 0 amide bonds. The lowest BCUT2D eigenvalue weighted by molar-refractivity contribution is -0.117. The van der Waals surface area contributed by atoms with Crippen LogP contribution >= 0.6 is 7.82 Å². The molecule has 0 aromatic heterocycles. The highest BCUT2D eigenvalue weighted by atomic mass is 31.2. The second-order valence-corrected chi connectivity index (χ2v) is 10.3. The van der Waals surface area contributed by atoms with E-state index in [0.717, 1.165) is 31.3 Å². The Morgan fingerprint density at radius 2 is 1.68 bits per heavy atom. The minimum absolute atomic E-state index is 0.106. The Balaban J connectivity index is 0.000000403. The van der Waals surface area contributed by atoms with Crippen LogP contribution in [-0.2, 0) is 14.2 Å². The molecule has 28 heavy (non-hydrogen) atoms. The van der Waals surface area contributed by atoms with Crippen molar-refractivity contribution >= 4 is 19.4 Å². The molecule has 4 rings (SSSR count). The minimum Gasteiger partial charge on any atom is -0.303 e. The Labute approximate surface area is 166 Å². The van der Waals surface area contributed by atoms with Gasteiger partial charge in [0.1, 0.15) is 0 Å². The first-order valence-corrected chi connectivity index (χ1v) is 11.7. The summed E-state index contributed by atoms with van der Waals surface area (Å²) in [5.74, 6) is 2.56. The van der Waals surface area contributed by atoms with Gasteiger partial charge in [0.05, 0.1) is 0 Å². The Kier molecular flexibility index (Phi) is 5.65. The quantitative estimate of drug-likeness (QED) is 0.415. The van der Waals surface area contributed by atoms with Crippen LogP contribution in [0.25, 0.3) is 0 Å². The van der Waals surface area contributed by atoms with E-state index in [9.17, 15) is 9.59 Å². The van der Waals surface area contributed by atoms with Crippen molar-refractivity contribution in [1.29, 1.82) is 0 Å². The molecule has 0 bridgehead atoms. The average molecular weight is 410 g/mol. The fraction of sp³-hybridized carbons (Fsp3) is 0.714. The predicted octanol–water partition coefficient (Wildman–Crippen LogP) is 3.72. The summed E-state index contributed by atoms with van der Waals surface area (Å²) < 4.78 is 8.88. The first-order valence-electron chi connectivity index (χ1n) is 10.1. The molecule has 0 aliphatic heterocycles. The van der Waals surface area contributed by atoms with Crippen molar-refractivity contribution in [3.8, 4) is 0 Å². The molecule has 3 saturated carbocycles. The molecule has 0 spiro atoms. The van der Waals surface area contributed by atoms with Crippen molar-refractivity contribution in [2.24, 2.45) is 28.6 Å². The highest BCUT2D eigenvalue weighted by Crippen LogP contribution is 2.65. The van der Waals surface area contributed by atoms with Crippen molar-refractivity contribution < 1.29 is 28.8 Å². The maximum Gasteiger partial charge on any atom is 0.466 e. The van der Waals surface area contributed by atoms with Crippen LogP contribution in [0.4, 0.5) is 0 Å². The zero-order valence-corrected chi connectivity index (χ0v) is 17.7. The lowest BCUT2D eigenvalue weighted by Crippen LogP contribution is -2.49. The van der Waals surface area contributed by atoms with Gasteiger partial charge in [0, 0.05) is 12.8 Å². The van der Waals surface area contributed by atoms with Gasteiger partial charge in [-0.25, -0.2) is 4.57 Å². The predicted molar refractivity (Wildman–Crippen MR) is 105 cm³/mol. The van der Waals surface area contributed by atoms with Gasteiger partial charge >= 0.3 is 7.82 Å². The molecule has 6 nitrogen and oxygen atoms in total. The van der Waals surface area contributed by atoms with Crippen LogP contribution in [0.5, 0.6) is 0 Å². The molecule has 5 atom stereocenters. The van der Waals surface area contributed by atoms with Crippen molar-refractivity contribution in [3.05, 3.63) is 23.3 Å². The Morgan fingerprint density at radius 1 is 1.04 bits per heavy atom. The van der Waals surface area contributed by atoms with E-state index in [-0.39, 0.29) is 10.8 Å². The smallest absolute Gasteiger partial charge is 0.303 e. The topological polar surface area (TPSA) is 112 Å². The molecule has 3 N–H and O–H groups in total. The first-order chi connectivity index (χ1) is 12.9. The lowest BCUT2D eigenvalue weighted by atomic mass is 9.47. The molecule has 0 heterocycles. The van der Waals surface area contributed by atoms with Gasteiger partial charge in [-0.1, -0.05) is 25.5 Å². The molecular weight excluding hydrogens is 379 g/mol. The van der Waals surface area contributed by atoms with Crippen LogP contribution in [0.2, 0.25) is 0 Å². The molecule has 7 heteroatoms. The lowest BCUT2D eigenvalue weighted by Gasteiger charge is -2.57. The highest BCUT2D eigenvalue weighted by molar-refractivity contribution is 7.45. The second kappa shape index (κ2) is 7.32. The molecule has 0 aromatic carbocycles. The van der Waals surface area contributed by atoms with Crippen LogP contribution in [0.1, 0.15) is 65.7 Å². The number of rotatable bonds is 0. The standard InChI is InChI=1S/C21H28O2.H3O4P/c1-4-16-19(23)12-18-15-6-5-13-11-14(22)7-9-20(13,2)17(15)8-10-21(16,18)3;1-5(2,3)4/h4,11,15,17-18H,5-10,12H2,1-3H3;(H3,1,2,3,4)/b16-4+;/t15-,17+,18+,20+,21-;/m1./s1.